The average Bonchev–Trinajstić information content (AvgIpc) is 2.92. The molecule has 0 aliphatic heterocycles. The summed E-state index contributed by atoms with van der Waals surface area (Å²) in [5.74, 6) is -1.11. The molecule has 0 saturated carbocycles. The van der Waals surface area contributed by atoms with Crippen LogP contribution < -0.4 is 16.4 Å². The second kappa shape index (κ2) is 7.26. The number of nitrogens with one attached hydrogen (secondary N) is 2. The number of carbonyl (C=O) groups is 2. The first kappa shape index (κ1) is 17.5. The molecule has 0 radical (unpaired) electrons. The number of aromatic nitrogens is 1. The molecule has 7 nitrogen and oxygen atoms in total. The van der Waals surface area contributed by atoms with E-state index in [-0.39, 0.29) is 24.3 Å². The molecule has 3 rings (SSSR count). The van der Waals surface area contributed by atoms with Gasteiger partial charge in [0, 0.05) is 17.3 Å². The average molecular weight is 353 g/mol. The third kappa shape index (κ3) is 3.83. The maximum absolute atomic E-state index is 12.2. The fourth-order valence-electron chi connectivity index (χ4n) is 2.43. The predicted molar refractivity (Wildman–Crippen MR) is 99.0 cm³/mol. The Balaban J connectivity index is 1.67. The van der Waals surface area contributed by atoms with Crippen LogP contribution in [0, 0.1) is 5.92 Å². The van der Waals surface area contributed by atoms with Crippen LogP contribution in [0.4, 0.5) is 11.4 Å². The number of anilines is 2. The van der Waals surface area contributed by atoms with Crippen molar-refractivity contribution in [3.05, 3.63) is 59.1 Å². The van der Waals surface area contributed by atoms with Crippen molar-refractivity contribution in [3.63, 3.8) is 0 Å². The molecule has 134 valence electrons. The Kier molecular flexibility index (Phi) is 4.88. The van der Waals surface area contributed by atoms with Crippen LogP contribution in [0.25, 0.3) is 11.1 Å². The molecule has 3 aromatic rings. The van der Waals surface area contributed by atoms with Gasteiger partial charge in [-0.05, 0) is 36.4 Å². The number of hydrogen-bond donors (Lipinski definition) is 2. The minimum Gasteiger partial charge on any atom is -0.408 e. The molecule has 0 spiro atoms. The molecule has 0 aliphatic carbocycles. The monoisotopic (exact) mass is 353 g/mol. The van der Waals surface area contributed by atoms with Crippen molar-refractivity contribution in [2.45, 2.75) is 20.4 Å². The van der Waals surface area contributed by atoms with Crippen molar-refractivity contribution in [2.75, 3.05) is 10.6 Å². The summed E-state index contributed by atoms with van der Waals surface area (Å²) < 4.78 is 6.39. The van der Waals surface area contributed by atoms with Gasteiger partial charge in [0.15, 0.2) is 5.58 Å². The van der Waals surface area contributed by atoms with Gasteiger partial charge in [0.25, 0.3) is 0 Å². The fourth-order valence-corrected chi connectivity index (χ4v) is 2.43. The highest BCUT2D eigenvalue weighted by Gasteiger charge is 2.12. The number of carbonyl (C=O) groups excluding carboxylic acids is 2. The Morgan fingerprint density at radius 1 is 1.00 bits per heavy atom. The summed E-state index contributed by atoms with van der Waals surface area (Å²) >= 11 is 0. The predicted octanol–water partition coefficient (Wildman–Crippen LogP) is 2.83. The van der Waals surface area contributed by atoms with Gasteiger partial charge in [0.05, 0.1) is 5.52 Å². The van der Waals surface area contributed by atoms with E-state index in [2.05, 4.69) is 10.6 Å². The molecule has 0 atom stereocenters. The number of oxazole rings is 1. The molecule has 26 heavy (non-hydrogen) atoms. The van der Waals surface area contributed by atoms with Gasteiger partial charge < -0.3 is 15.1 Å². The second-order valence-corrected chi connectivity index (χ2v) is 6.19. The SMILES string of the molecule is CC(C)C(=O)Nc1ccc(NC(=O)Cn2c(=O)oc3ccccc32)cc1. The first-order valence-electron chi connectivity index (χ1n) is 8.23. The van der Waals surface area contributed by atoms with Gasteiger partial charge in [0.2, 0.25) is 11.8 Å². The van der Waals surface area contributed by atoms with Crippen LogP contribution in [0.2, 0.25) is 0 Å². The van der Waals surface area contributed by atoms with Crippen LogP contribution in [-0.2, 0) is 16.1 Å². The standard InChI is InChI=1S/C19H19N3O4/c1-12(2)18(24)21-14-9-7-13(8-10-14)20-17(23)11-22-15-5-3-4-6-16(15)26-19(22)25/h3-10,12H,11H2,1-2H3,(H,20,23)(H,21,24). The molecule has 1 heterocycles. The minimum absolute atomic E-state index is 0.0759. The third-order valence-corrected chi connectivity index (χ3v) is 3.84. The van der Waals surface area contributed by atoms with Crippen LogP contribution in [-0.4, -0.2) is 16.4 Å². The van der Waals surface area contributed by atoms with Crippen molar-refractivity contribution in [2.24, 2.45) is 5.92 Å². The molecule has 1 aromatic heterocycles. The van der Waals surface area contributed by atoms with E-state index in [0.717, 1.165) is 0 Å². The summed E-state index contributed by atoms with van der Waals surface area (Å²) in [5, 5.41) is 5.50. The fraction of sp³-hybridized carbons (Fsp3) is 0.211. The van der Waals surface area contributed by atoms with E-state index < -0.39 is 5.76 Å². The highest BCUT2D eigenvalue weighted by atomic mass is 16.4. The van der Waals surface area contributed by atoms with E-state index >= 15 is 0 Å². The molecular weight excluding hydrogens is 334 g/mol. The lowest BCUT2D eigenvalue weighted by Gasteiger charge is -2.09. The first-order valence-corrected chi connectivity index (χ1v) is 8.23. The van der Waals surface area contributed by atoms with Gasteiger partial charge in [-0.15, -0.1) is 0 Å². The molecule has 0 bridgehead atoms. The van der Waals surface area contributed by atoms with Crippen molar-refractivity contribution >= 4 is 34.3 Å². The molecule has 0 aliphatic rings. The first-order chi connectivity index (χ1) is 12.4. The quantitative estimate of drug-likeness (QED) is 0.737. The highest BCUT2D eigenvalue weighted by Crippen LogP contribution is 2.15. The van der Waals surface area contributed by atoms with Crippen LogP contribution in [0.5, 0.6) is 0 Å². The van der Waals surface area contributed by atoms with E-state index in [4.69, 9.17) is 4.42 Å². The Bertz CT molecular complexity index is 1000. The van der Waals surface area contributed by atoms with Crippen molar-refractivity contribution < 1.29 is 14.0 Å². The number of para-hydroxylation sites is 2. The minimum atomic E-state index is -0.576. The topological polar surface area (TPSA) is 93.3 Å². The van der Waals surface area contributed by atoms with Gasteiger partial charge in [-0.25, -0.2) is 4.79 Å². The number of fused-ring (bicyclic) bond motifs is 1. The lowest BCUT2D eigenvalue weighted by molar-refractivity contribution is -0.119. The molecule has 2 aromatic carbocycles. The van der Waals surface area contributed by atoms with Crippen LogP contribution >= 0.6 is 0 Å². The highest BCUT2D eigenvalue weighted by molar-refractivity contribution is 5.94. The Morgan fingerprint density at radius 3 is 2.27 bits per heavy atom. The van der Waals surface area contributed by atoms with E-state index in [1.54, 1.807) is 48.5 Å². The summed E-state index contributed by atoms with van der Waals surface area (Å²) in [4.78, 5) is 35.8. The number of benzene rings is 2. The van der Waals surface area contributed by atoms with Gasteiger partial charge in [-0.3, -0.25) is 14.2 Å². The molecule has 0 fully saturated rings. The van der Waals surface area contributed by atoms with Gasteiger partial charge in [0.1, 0.15) is 6.54 Å². The lowest BCUT2D eigenvalue weighted by atomic mass is 10.2. The zero-order chi connectivity index (χ0) is 18.7. The summed E-state index contributed by atoms with van der Waals surface area (Å²) in [5.41, 5.74) is 2.23. The van der Waals surface area contributed by atoms with E-state index in [1.807, 2.05) is 13.8 Å². The Labute approximate surface area is 149 Å². The van der Waals surface area contributed by atoms with Crippen molar-refractivity contribution in [1.29, 1.82) is 0 Å². The van der Waals surface area contributed by atoms with E-state index in [1.165, 1.54) is 4.57 Å². The number of amides is 2. The molecular formula is C19H19N3O4. The zero-order valence-corrected chi connectivity index (χ0v) is 14.5. The maximum Gasteiger partial charge on any atom is 0.420 e. The number of nitrogens with zero attached hydrogens (tertiary/aromatic N) is 1. The molecule has 0 unspecified atom stereocenters. The zero-order valence-electron chi connectivity index (χ0n) is 14.5. The van der Waals surface area contributed by atoms with Gasteiger partial charge >= 0.3 is 5.76 Å². The van der Waals surface area contributed by atoms with Crippen LogP contribution in [0.1, 0.15) is 13.8 Å². The summed E-state index contributed by atoms with van der Waals surface area (Å²) in [6, 6.07) is 13.7. The lowest BCUT2D eigenvalue weighted by Crippen LogP contribution is -2.24. The molecule has 7 heteroatoms. The third-order valence-electron chi connectivity index (χ3n) is 3.84. The second-order valence-electron chi connectivity index (χ2n) is 6.19. The molecule has 2 N–H and O–H groups in total. The largest absolute Gasteiger partial charge is 0.420 e. The summed E-state index contributed by atoms with van der Waals surface area (Å²) in [6.45, 7) is 3.47. The molecule has 0 saturated heterocycles. The van der Waals surface area contributed by atoms with Crippen LogP contribution in [0.15, 0.2) is 57.7 Å². The van der Waals surface area contributed by atoms with Gasteiger partial charge in [-0.2, -0.15) is 0 Å². The van der Waals surface area contributed by atoms with E-state index in [0.29, 0.717) is 22.5 Å². The normalized spacial score (nSPS) is 10.9. The van der Waals surface area contributed by atoms with Gasteiger partial charge in [-0.1, -0.05) is 26.0 Å². The Morgan fingerprint density at radius 2 is 1.62 bits per heavy atom. The maximum atomic E-state index is 12.2. The summed E-state index contributed by atoms with van der Waals surface area (Å²) in [6.07, 6.45) is 0. The van der Waals surface area contributed by atoms with Crippen LogP contribution in [0.3, 0.4) is 0 Å². The van der Waals surface area contributed by atoms with E-state index in [9.17, 15) is 14.4 Å². The summed E-state index contributed by atoms with van der Waals surface area (Å²) in [7, 11) is 0. The smallest absolute Gasteiger partial charge is 0.408 e. The Hall–Kier alpha value is -3.35. The number of hydrogen-bond acceptors (Lipinski definition) is 4. The molecule has 2 amide bonds. The van der Waals surface area contributed by atoms with Crippen molar-refractivity contribution in [3.8, 4) is 0 Å². The number of rotatable bonds is 5. The van der Waals surface area contributed by atoms with Crippen molar-refractivity contribution in [1.82, 2.24) is 4.57 Å².